The van der Waals surface area contributed by atoms with Gasteiger partial charge < -0.3 is 26.7 Å². The van der Waals surface area contributed by atoms with Crippen LogP contribution in [0.5, 0.6) is 0 Å². The van der Waals surface area contributed by atoms with E-state index < -0.39 is 5.91 Å². The third-order valence-corrected chi connectivity index (χ3v) is 4.51. The Hall–Kier alpha value is -2.58. The van der Waals surface area contributed by atoms with E-state index in [1.54, 1.807) is 7.05 Å². The highest BCUT2D eigenvalue weighted by molar-refractivity contribution is 6.31. The smallest absolute Gasteiger partial charge is 0.237 e. The third kappa shape index (κ3) is 11.4. The van der Waals surface area contributed by atoms with Crippen LogP contribution in [0, 0.1) is 0 Å². The van der Waals surface area contributed by atoms with Gasteiger partial charge in [-0.3, -0.25) is 14.4 Å². The number of aromatic amines is 1. The normalized spacial score (nSPS) is 9.74. The molecule has 31 heavy (non-hydrogen) atoms. The van der Waals surface area contributed by atoms with Crippen LogP contribution in [0.2, 0.25) is 5.02 Å². The van der Waals surface area contributed by atoms with Crippen molar-refractivity contribution in [2.45, 2.75) is 46.5 Å². The summed E-state index contributed by atoms with van der Waals surface area (Å²) in [7, 11) is 1.60. The van der Waals surface area contributed by atoms with E-state index in [1.165, 1.54) is 11.8 Å². The lowest BCUT2D eigenvalue weighted by molar-refractivity contribution is -0.135. The summed E-state index contributed by atoms with van der Waals surface area (Å²) in [4.78, 5) is 38.0. The van der Waals surface area contributed by atoms with E-state index in [0.717, 1.165) is 29.3 Å². The fraction of sp³-hybridized carbons (Fsp3) is 0.500. The molecule has 0 aliphatic heterocycles. The number of nitrogens with one attached hydrogen (secondary N) is 2. The van der Waals surface area contributed by atoms with Crippen molar-refractivity contribution in [2.24, 2.45) is 11.5 Å². The molecule has 6 N–H and O–H groups in total. The average Bonchev–Trinajstić information content (AvgIpc) is 3.15. The fourth-order valence-electron chi connectivity index (χ4n) is 2.68. The Balaban J connectivity index is 0.00000113. The first kappa shape index (κ1) is 28.4. The standard InChI is InChI=1S/C17H23ClN4O2.C3H7NO.C2H6/c18-13-4-5-15-14(9-13)12(10-21-15)3-6-17(24)22(11-16(20)23)8-2-1-7-19;1-3(5)4-2;1-2/h4-5,9-10,21H,1-3,6-8,11,19H2,(H2,20,23);1-2H3,(H,4,5);1-2H3. The lowest BCUT2D eigenvalue weighted by Crippen LogP contribution is -2.39. The molecule has 0 aliphatic rings. The van der Waals surface area contributed by atoms with Crippen LogP contribution in [0.25, 0.3) is 10.9 Å². The molecule has 1 aromatic heterocycles. The molecule has 1 heterocycles. The molecular formula is C22H36ClN5O3. The first-order valence-electron chi connectivity index (χ1n) is 10.5. The summed E-state index contributed by atoms with van der Waals surface area (Å²) in [6.45, 7) is 6.48. The third-order valence-electron chi connectivity index (χ3n) is 4.27. The monoisotopic (exact) mass is 453 g/mol. The van der Waals surface area contributed by atoms with Gasteiger partial charge in [0.1, 0.15) is 0 Å². The summed E-state index contributed by atoms with van der Waals surface area (Å²) in [5.74, 6) is -0.581. The number of unbranched alkanes of at least 4 members (excludes halogenated alkanes) is 1. The van der Waals surface area contributed by atoms with Gasteiger partial charge in [-0.1, -0.05) is 25.4 Å². The van der Waals surface area contributed by atoms with E-state index in [0.29, 0.717) is 31.0 Å². The number of amides is 3. The van der Waals surface area contributed by atoms with Gasteiger partial charge in [0, 0.05) is 49.1 Å². The second kappa shape index (κ2) is 16.2. The molecule has 174 valence electrons. The number of halogens is 1. The number of nitrogens with zero attached hydrogens (tertiary/aromatic N) is 1. The number of carbonyl (C=O) groups is 3. The van der Waals surface area contributed by atoms with Crippen molar-refractivity contribution < 1.29 is 14.4 Å². The Morgan fingerprint density at radius 2 is 1.84 bits per heavy atom. The van der Waals surface area contributed by atoms with Crippen LogP contribution in [0.1, 0.15) is 45.6 Å². The van der Waals surface area contributed by atoms with Gasteiger partial charge in [-0.2, -0.15) is 0 Å². The predicted molar refractivity (Wildman–Crippen MR) is 127 cm³/mol. The summed E-state index contributed by atoms with van der Waals surface area (Å²) >= 11 is 6.04. The lowest BCUT2D eigenvalue weighted by Gasteiger charge is -2.21. The number of fused-ring (bicyclic) bond motifs is 1. The number of hydrogen-bond donors (Lipinski definition) is 4. The summed E-state index contributed by atoms with van der Waals surface area (Å²) in [5.41, 5.74) is 12.7. The highest BCUT2D eigenvalue weighted by atomic mass is 35.5. The van der Waals surface area contributed by atoms with Gasteiger partial charge in [0.2, 0.25) is 17.7 Å². The average molecular weight is 454 g/mol. The SMILES string of the molecule is CC.CNC(C)=O.NCCCCN(CC(N)=O)C(=O)CCc1c[nH]c2ccc(Cl)cc12. The van der Waals surface area contributed by atoms with E-state index >= 15 is 0 Å². The minimum absolute atomic E-state index is 0.00463. The van der Waals surface area contributed by atoms with Crippen molar-refractivity contribution in [1.29, 1.82) is 0 Å². The van der Waals surface area contributed by atoms with Crippen molar-refractivity contribution in [1.82, 2.24) is 15.2 Å². The summed E-state index contributed by atoms with van der Waals surface area (Å²) in [5, 5.41) is 4.06. The number of rotatable bonds is 9. The predicted octanol–water partition coefficient (Wildman–Crippen LogP) is 2.59. The van der Waals surface area contributed by atoms with E-state index in [1.807, 2.05) is 38.2 Å². The lowest BCUT2D eigenvalue weighted by atomic mass is 10.1. The molecule has 0 fully saturated rings. The number of aromatic nitrogens is 1. The number of primary amides is 1. The van der Waals surface area contributed by atoms with Crippen LogP contribution in [-0.4, -0.2) is 54.3 Å². The maximum absolute atomic E-state index is 12.4. The molecule has 2 rings (SSSR count). The number of carbonyl (C=O) groups excluding carboxylic acids is 3. The molecule has 0 saturated heterocycles. The van der Waals surface area contributed by atoms with Gasteiger partial charge >= 0.3 is 0 Å². The molecule has 0 saturated carbocycles. The topological polar surface area (TPSA) is 134 Å². The van der Waals surface area contributed by atoms with Gasteiger partial charge in [-0.15, -0.1) is 0 Å². The molecule has 9 heteroatoms. The van der Waals surface area contributed by atoms with Gasteiger partial charge in [0.05, 0.1) is 6.54 Å². The van der Waals surface area contributed by atoms with Crippen LogP contribution in [0.3, 0.4) is 0 Å². The number of benzene rings is 1. The van der Waals surface area contributed by atoms with Crippen LogP contribution in [-0.2, 0) is 20.8 Å². The van der Waals surface area contributed by atoms with Crippen molar-refractivity contribution in [2.75, 3.05) is 26.7 Å². The molecule has 8 nitrogen and oxygen atoms in total. The number of H-pyrrole nitrogens is 1. The van der Waals surface area contributed by atoms with E-state index in [9.17, 15) is 14.4 Å². The molecule has 1 aromatic carbocycles. The molecule has 0 bridgehead atoms. The Labute approximate surface area is 189 Å². The van der Waals surface area contributed by atoms with Gasteiger partial charge in [0.15, 0.2) is 0 Å². The zero-order chi connectivity index (χ0) is 23.8. The van der Waals surface area contributed by atoms with Crippen LogP contribution in [0.4, 0.5) is 0 Å². The highest BCUT2D eigenvalue weighted by Crippen LogP contribution is 2.23. The summed E-state index contributed by atoms with van der Waals surface area (Å²) in [6, 6.07) is 5.62. The first-order chi connectivity index (χ1) is 14.8. The largest absolute Gasteiger partial charge is 0.368 e. The molecule has 0 atom stereocenters. The first-order valence-corrected chi connectivity index (χ1v) is 10.9. The van der Waals surface area contributed by atoms with Crippen LogP contribution >= 0.6 is 11.6 Å². The molecule has 0 unspecified atom stereocenters. The number of hydrogen-bond acceptors (Lipinski definition) is 4. The maximum Gasteiger partial charge on any atom is 0.237 e. The van der Waals surface area contributed by atoms with Gasteiger partial charge in [-0.25, -0.2) is 0 Å². The van der Waals surface area contributed by atoms with Crippen LogP contribution in [0.15, 0.2) is 24.4 Å². The zero-order valence-corrected chi connectivity index (χ0v) is 19.7. The van der Waals surface area contributed by atoms with Crippen LogP contribution < -0.4 is 16.8 Å². The maximum atomic E-state index is 12.4. The number of nitrogens with two attached hydrogens (primary N) is 2. The molecule has 0 aliphatic carbocycles. The molecule has 0 radical (unpaired) electrons. The van der Waals surface area contributed by atoms with Crippen molar-refractivity contribution in [3.63, 3.8) is 0 Å². The van der Waals surface area contributed by atoms with Crippen molar-refractivity contribution in [3.05, 3.63) is 35.0 Å². The zero-order valence-electron chi connectivity index (χ0n) is 19.0. The quantitative estimate of drug-likeness (QED) is 0.434. The van der Waals surface area contributed by atoms with E-state index in [4.69, 9.17) is 23.1 Å². The second-order valence-corrected chi connectivity index (χ2v) is 7.02. The highest BCUT2D eigenvalue weighted by Gasteiger charge is 2.16. The van der Waals surface area contributed by atoms with E-state index in [2.05, 4.69) is 10.3 Å². The molecule has 0 spiro atoms. The van der Waals surface area contributed by atoms with Crippen molar-refractivity contribution in [3.8, 4) is 0 Å². The molecule has 3 amide bonds. The Morgan fingerprint density at radius 1 is 1.19 bits per heavy atom. The second-order valence-electron chi connectivity index (χ2n) is 6.59. The minimum Gasteiger partial charge on any atom is -0.368 e. The Morgan fingerprint density at radius 3 is 2.39 bits per heavy atom. The molecule has 2 aromatic rings. The Bertz CT molecular complexity index is 823. The minimum atomic E-state index is -0.505. The van der Waals surface area contributed by atoms with E-state index in [-0.39, 0.29) is 18.4 Å². The summed E-state index contributed by atoms with van der Waals surface area (Å²) < 4.78 is 0. The summed E-state index contributed by atoms with van der Waals surface area (Å²) in [6.07, 6.45) is 4.35. The van der Waals surface area contributed by atoms with Gasteiger partial charge in [0.25, 0.3) is 0 Å². The molecular weight excluding hydrogens is 418 g/mol. The van der Waals surface area contributed by atoms with Crippen molar-refractivity contribution >= 4 is 40.2 Å². The fourth-order valence-corrected chi connectivity index (χ4v) is 2.86. The van der Waals surface area contributed by atoms with Gasteiger partial charge in [-0.05, 0) is 49.6 Å². The Kier molecular flexibility index (Phi) is 14.8. The number of aryl methyl sites for hydroxylation is 1.